The van der Waals surface area contributed by atoms with E-state index in [1.165, 1.54) is 6.42 Å². The second-order valence-electron chi connectivity index (χ2n) is 5.29. The molecule has 3 heteroatoms. The molecule has 0 radical (unpaired) electrons. The van der Waals surface area contributed by atoms with Gasteiger partial charge in [-0.3, -0.25) is 9.69 Å². The molecule has 0 saturated carbocycles. The molecule has 0 aromatic heterocycles. The lowest BCUT2D eigenvalue weighted by Gasteiger charge is -2.19. The van der Waals surface area contributed by atoms with Gasteiger partial charge in [0.25, 0.3) is 0 Å². The van der Waals surface area contributed by atoms with Crippen LogP contribution in [0, 0.1) is 0 Å². The van der Waals surface area contributed by atoms with Crippen LogP contribution in [-0.2, 0) is 4.79 Å². The van der Waals surface area contributed by atoms with Crippen LogP contribution in [0.2, 0.25) is 0 Å². The summed E-state index contributed by atoms with van der Waals surface area (Å²) < 4.78 is 0. The molecule has 1 saturated heterocycles. The smallest absolute Gasteiger partial charge is 0.244 e. The van der Waals surface area contributed by atoms with Gasteiger partial charge in [0.15, 0.2) is 0 Å². The number of carbonyl (C=O) groups is 1. The molecule has 3 nitrogen and oxygen atoms in total. The van der Waals surface area contributed by atoms with Crippen molar-refractivity contribution in [3.8, 4) is 0 Å². The Morgan fingerprint density at radius 3 is 2.60 bits per heavy atom. The fourth-order valence-electron chi connectivity index (χ4n) is 1.79. The van der Waals surface area contributed by atoms with E-state index in [2.05, 4.69) is 17.3 Å². The minimum atomic E-state index is -0.150. The molecule has 15 heavy (non-hydrogen) atoms. The summed E-state index contributed by atoms with van der Waals surface area (Å²) in [4.78, 5) is 13.8. The minimum Gasteiger partial charge on any atom is -0.348 e. The molecule has 1 amide bonds. The van der Waals surface area contributed by atoms with Crippen molar-refractivity contribution >= 4 is 5.91 Å². The lowest BCUT2D eigenvalue weighted by molar-refractivity contribution is -0.117. The third kappa shape index (κ3) is 4.47. The monoisotopic (exact) mass is 210 g/mol. The van der Waals surface area contributed by atoms with E-state index < -0.39 is 0 Å². The average Bonchev–Trinajstić information content (AvgIpc) is 2.44. The zero-order chi connectivity index (χ0) is 11.5. The molecule has 1 N–H and O–H groups in total. The van der Waals surface area contributed by atoms with E-state index >= 15 is 0 Å². The highest BCUT2D eigenvalue weighted by Gasteiger charge is 2.18. The van der Waals surface area contributed by atoms with Gasteiger partial charge >= 0.3 is 0 Å². The summed E-state index contributed by atoms with van der Waals surface area (Å²) in [6, 6.07) is 0.440. The first-order valence-corrected chi connectivity index (χ1v) is 5.59. The van der Waals surface area contributed by atoms with Crippen LogP contribution >= 0.6 is 0 Å². The van der Waals surface area contributed by atoms with Gasteiger partial charge in [0.2, 0.25) is 5.91 Å². The Morgan fingerprint density at radius 2 is 2.13 bits per heavy atom. The summed E-state index contributed by atoms with van der Waals surface area (Å²) in [6.45, 7) is 7.09. The van der Waals surface area contributed by atoms with Gasteiger partial charge < -0.3 is 5.32 Å². The number of nitrogens with one attached hydrogen (secondary N) is 1. The predicted molar refractivity (Wildman–Crippen MR) is 62.7 cm³/mol. The first-order valence-electron chi connectivity index (χ1n) is 5.59. The van der Waals surface area contributed by atoms with Crippen LogP contribution in [0.1, 0.15) is 33.6 Å². The summed E-state index contributed by atoms with van der Waals surface area (Å²) in [5.41, 5.74) is -0.150. The van der Waals surface area contributed by atoms with Crippen LogP contribution in [0.4, 0.5) is 0 Å². The van der Waals surface area contributed by atoms with Crippen molar-refractivity contribution in [1.29, 1.82) is 0 Å². The maximum absolute atomic E-state index is 11.5. The normalized spacial score (nSPS) is 23.6. The zero-order valence-electron chi connectivity index (χ0n) is 10.2. The molecule has 1 fully saturated rings. The summed E-state index contributed by atoms with van der Waals surface area (Å²) in [6.07, 6.45) is 6.06. The van der Waals surface area contributed by atoms with Crippen LogP contribution in [0.3, 0.4) is 0 Å². The lowest BCUT2D eigenvalue weighted by Crippen LogP contribution is -2.39. The molecule has 1 atom stereocenters. The van der Waals surface area contributed by atoms with Gasteiger partial charge in [-0.1, -0.05) is 6.08 Å². The van der Waals surface area contributed by atoms with Crippen molar-refractivity contribution in [2.24, 2.45) is 0 Å². The van der Waals surface area contributed by atoms with E-state index in [1.807, 2.05) is 26.8 Å². The van der Waals surface area contributed by atoms with Gasteiger partial charge in [0.1, 0.15) is 0 Å². The Bertz CT molecular complexity index is 253. The predicted octanol–water partition coefficient (Wildman–Crippen LogP) is 1.55. The maximum atomic E-state index is 11.5. The number of hydrogen-bond acceptors (Lipinski definition) is 2. The first kappa shape index (κ1) is 12.2. The molecule has 0 aromatic carbocycles. The summed E-state index contributed by atoms with van der Waals surface area (Å²) in [7, 11) is 2.10. The van der Waals surface area contributed by atoms with Crippen LogP contribution in [-0.4, -0.2) is 36.0 Å². The molecule has 86 valence electrons. The number of carbonyl (C=O) groups excluding carboxylic acids is 1. The topological polar surface area (TPSA) is 32.3 Å². The fourth-order valence-corrected chi connectivity index (χ4v) is 1.79. The van der Waals surface area contributed by atoms with E-state index in [-0.39, 0.29) is 11.4 Å². The van der Waals surface area contributed by atoms with Crippen molar-refractivity contribution in [1.82, 2.24) is 10.2 Å². The summed E-state index contributed by atoms with van der Waals surface area (Å²) in [5.74, 6) is 0.00259. The highest BCUT2D eigenvalue weighted by atomic mass is 16.1. The van der Waals surface area contributed by atoms with E-state index in [9.17, 15) is 4.79 Å². The minimum absolute atomic E-state index is 0.00259. The molecule has 0 aliphatic carbocycles. The third-order valence-electron chi connectivity index (χ3n) is 2.54. The first-order chi connectivity index (χ1) is 6.88. The van der Waals surface area contributed by atoms with Crippen LogP contribution in [0.25, 0.3) is 0 Å². The van der Waals surface area contributed by atoms with E-state index in [0.717, 1.165) is 13.0 Å². The van der Waals surface area contributed by atoms with Gasteiger partial charge in [-0.15, -0.1) is 0 Å². The molecule has 1 rings (SSSR count). The van der Waals surface area contributed by atoms with Crippen molar-refractivity contribution in [3.05, 3.63) is 12.2 Å². The van der Waals surface area contributed by atoms with Gasteiger partial charge in [0, 0.05) is 17.7 Å². The summed E-state index contributed by atoms with van der Waals surface area (Å²) in [5, 5.41) is 2.91. The van der Waals surface area contributed by atoms with Crippen molar-refractivity contribution in [2.45, 2.75) is 45.2 Å². The van der Waals surface area contributed by atoms with E-state index in [4.69, 9.17) is 0 Å². The highest BCUT2D eigenvalue weighted by molar-refractivity contribution is 5.88. The summed E-state index contributed by atoms with van der Waals surface area (Å²) >= 11 is 0. The van der Waals surface area contributed by atoms with Crippen molar-refractivity contribution < 1.29 is 4.79 Å². The number of nitrogens with zero attached hydrogens (tertiary/aromatic N) is 1. The van der Waals surface area contributed by atoms with Gasteiger partial charge in [0.05, 0.1) is 0 Å². The SMILES string of the molecule is CN1CCC[C@@H]1/C=C/C(=O)NC(C)(C)C. The molecule has 1 aliphatic heterocycles. The quantitative estimate of drug-likeness (QED) is 0.701. The Labute approximate surface area is 92.5 Å². The second kappa shape index (κ2) is 4.79. The largest absolute Gasteiger partial charge is 0.348 e. The van der Waals surface area contributed by atoms with E-state index in [0.29, 0.717) is 6.04 Å². The lowest BCUT2D eigenvalue weighted by atomic mass is 10.1. The third-order valence-corrected chi connectivity index (χ3v) is 2.54. The number of amides is 1. The Hall–Kier alpha value is -0.830. The van der Waals surface area contributed by atoms with Crippen LogP contribution in [0.5, 0.6) is 0 Å². The molecular formula is C12H22N2O. The number of rotatable bonds is 2. The standard InChI is InChI=1S/C12H22N2O/c1-12(2,3)13-11(15)8-7-10-6-5-9-14(10)4/h7-8,10H,5-6,9H2,1-4H3,(H,13,15)/b8-7+/t10-/m1/s1. The Morgan fingerprint density at radius 1 is 1.47 bits per heavy atom. The molecule has 0 unspecified atom stereocenters. The Kier molecular flexibility index (Phi) is 3.91. The molecule has 0 aromatic rings. The number of hydrogen-bond donors (Lipinski definition) is 1. The van der Waals surface area contributed by atoms with Gasteiger partial charge in [-0.2, -0.15) is 0 Å². The van der Waals surface area contributed by atoms with E-state index in [1.54, 1.807) is 6.08 Å². The van der Waals surface area contributed by atoms with Crippen LogP contribution in [0.15, 0.2) is 12.2 Å². The zero-order valence-corrected chi connectivity index (χ0v) is 10.2. The molecule has 0 bridgehead atoms. The molecule has 0 spiro atoms. The maximum Gasteiger partial charge on any atom is 0.244 e. The highest BCUT2D eigenvalue weighted by Crippen LogP contribution is 2.15. The fraction of sp³-hybridized carbons (Fsp3) is 0.750. The van der Waals surface area contributed by atoms with Crippen LogP contribution < -0.4 is 5.32 Å². The Balaban J connectivity index is 2.40. The van der Waals surface area contributed by atoms with Gasteiger partial charge in [-0.25, -0.2) is 0 Å². The second-order valence-corrected chi connectivity index (χ2v) is 5.29. The van der Waals surface area contributed by atoms with Gasteiger partial charge in [-0.05, 0) is 47.2 Å². The molecule has 1 aliphatic rings. The number of likely N-dealkylation sites (tertiary alicyclic amines) is 1. The average molecular weight is 210 g/mol. The van der Waals surface area contributed by atoms with Crippen molar-refractivity contribution in [2.75, 3.05) is 13.6 Å². The molecule has 1 heterocycles. The van der Waals surface area contributed by atoms with Crippen molar-refractivity contribution in [3.63, 3.8) is 0 Å². The number of likely N-dealkylation sites (N-methyl/N-ethyl adjacent to an activating group) is 1. The molecular weight excluding hydrogens is 188 g/mol.